The van der Waals surface area contributed by atoms with Crippen LogP contribution in [0.5, 0.6) is 0 Å². The zero-order valence-corrected chi connectivity index (χ0v) is 7.64. The Bertz CT molecular complexity index is 311. The van der Waals surface area contributed by atoms with Crippen molar-refractivity contribution in [3.63, 3.8) is 0 Å². The van der Waals surface area contributed by atoms with Crippen molar-refractivity contribution in [2.24, 2.45) is 12.8 Å². The Morgan fingerprint density at radius 1 is 1.77 bits per heavy atom. The summed E-state index contributed by atoms with van der Waals surface area (Å²) in [5.74, 6) is 0. The molecule has 2 atom stereocenters. The highest BCUT2D eigenvalue weighted by molar-refractivity contribution is 5.11. The van der Waals surface area contributed by atoms with Crippen LogP contribution in [0.4, 0.5) is 0 Å². The molecule has 1 heterocycles. The minimum Gasteiger partial charge on any atom is -0.383 e. The lowest BCUT2D eigenvalue weighted by molar-refractivity contribution is 0.0347. The monoisotopic (exact) mass is 182 g/mol. The number of hydrogen-bond acceptors (Lipinski definition) is 4. The first-order valence-electron chi connectivity index (χ1n) is 4.45. The number of rotatable bonds is 1. The maximum absolute atomic E-state index is 10.2. The van der Waals surface area contributed by atoms with Crippen molar-refractivity contribution >= 4 is 0 Å². The molecule has 1 aromatic heterocycles. The van der Waals surface area contributed by atoms with Crippen LogP contribution in [0.3, 0.4) is 0 Å². The molecule has 0 spiro atoms. The van der Waals surface area contributed by atoms with E-state index in [0.29, 0.717) is 12.8 Å². The zero-order chi connectivity index (χ0) is 9.47. The van der Waals surface area contributed by atoms with Crippen molar-refractivity contribution in [3.8, 4) is 0 Å². The summed E-state index contributed by atoms with van der Waals surface area (Å²) in [4.78, 5) is 0. The van der Waals surface area contributed by atoms with E-state index in [-0.39, 0.29) is 6.04 Å². The average molecular weight is 182 g/mol. The number of hydrogen-bond donors (Lipinski definition) is 2. The van der Waals surface area contributed by atoms with Crippen LogP contribution >= 0.6 is 0 Å². The Kier molecular flexibility index (Phi) is 1.85. The van der Waals surface area contributed by atoms with Gasteiger partial charge in [-0.25, -0.2) is 4.68 Å². The van der Waals surface area contributed by atoms with E-state index < -0.39 is 5.60 Å². The molecule has 5 heteroatoms. The standard InChI is InChI=1S/C8H14N4O/c1-12-7(5-10-11-12)8(13)3-2-6(9)4-8/h5-6,13H,2-4,9H2,1H3. The van der Waals surface area contributed by atoms with Crippen molar-refractivity contribution in [1.29, 1.82) is 0 Å². The molecular weight excluding hydrogens is 168 g/mol. The van der Waals surface area contributed by atoms with E-state index in [1.54, 1.807) is 17.9 Å². The highest BCUT2D eigenvalue weighted by atomic mass is 16.3. The summed E-state index contributed by atoms with van der Waals surface area (Å²) in [5, 5.41) is 17.8. The predicted octanol–water partition coefficient (Wildman–Crippen LogP) is -0.486. The van der Waals surface area contributed by atoms with Gasteiger partial charge in [0.15, 0.2) is 0 Å². The van der Waals surface area contributed by atoms with E-state index in [1.807, 2.05) is 0 Å². The number of aliphatic hydroxyl groups is 1. The smallest absolute Gasteiger partial charge is 0.109 e. The van der Waals surface area contributed by atoms with Crippen molar-refractivity contribution in [3.05, 3.63) is 11.9 Å². The third-order valence-electron chi connectivity index (χ3n) is 2.72. The van der Waals surface area contributed by atoms with Gasteiger partial charge in [-0.05, 0) is 19.3 Å². The van der Waals surface area contributed by atoms with Crippen molar-refractivity contribution < 1.29 is 5.11 Å². The lowest BCUT2D eigenvalue weighted by atomic mass is 9.98. The summed E-state index contributed by atoms with van der Waals surface area (Å²) in [6.07, 6.45) is 3.78. The van der Waals surface area contributed by atoms with Gasteiger partial charge in [0.2, 0.25) is 0 Å². The van der Waals surface area contributed by atoms with Crippen LogP contribution in [0.2, 0.25) is 0 Å². The van der Waals surface area contributed by atoms with Gasteiger partial charge in [-0.1, -0.05) is 5.21 Å². The van der Waals surface area contributed by atoms with Crippen LogP contribution in [0.25, 0.3) is 0 Å². The number of nitrogens with two attached hydrogens (primary N) is 1. The van der Waals surface area contributed by atoms with Gasteiger partial charge in [0.25, 0.3) is 0 Å². The Hall–Kier alpha value is -0.940. The molecule has 0 bridgehead atoms. The van der Waals surface area contributed by atoms with Gasteiger partial charge in [-0.15, -0.1) is 5.10 Å². The van der Waals surface area contributed by atoms with E-state index in [9.17, 15) is 5.11 Å². The molecule has 0 saturated heterocycles. The topological polar surface area (TPSA) is 77.0 Å². The molecule has 2 rings (SSSR count). The molecule has 1 aliphatic carbocycles. The molecule has 0 radical (unpaired) electrons. The van der Waals surface area contributed by atoms with Gasteiger partial charge < -0.3 is 10.8 Å². The van der Waals surface area contributed by atoms with Gasteiger partial charge in [0, 0.05) is 13.1 Å². The Balaban J connectivity index is 2.30. The van der Waals surface area contributed by atoms with Gasteiger partial charge >= 0.3 is 0 Å². The molecule has 2 unspecified atom stereocenters. The van der Waals surface area contributed by atoms with Crippen LogP contribution in [0, 0.1) is 0 Å². The van der Waals surface area contributed by atoms with Gasteiger partial charge in [0.1, 0.15) is 5.60 Å². The van der Waals surface area contributed by atoms with E-state index in [2.05, 4.69) is 10.3 Å². The summed E-state index contributed by atoms with van der Waals surface area (Å²) in [6, 6.07) is 0.0971. The quantitative estimate of drug-likeness (QED) is 0.614. The third-order valence-corrected chi connectivity index (χ3v) is 2.72. The molecule has 3 N–H and O–H groups in total. The maximum atomic E-state index is 10.2. The van der Waals surface area contributed by atoms with Crippen LogP contribution in [0.1, 0.15) is 25.0 Å². The molecule has 5 nitrogen and oxygen atoms in total. The fourth-order valence-electron chi connectivity index (χ4n) is 2.01. The molecular formula is C8H14N4O. The first-order valence-corrected chi connectivity index (χ1v) is 4.45. The molecule has 1 aliphatic rings. The zero-order valence-electron chi connectivity index (χ0n) is 7.64. The van der Waals surface area contributed by atoms with E-state index in [4.69, 9.17) is 5.73 Å². The van der Waals surface area contributed by atoms with E-state index >= 15 is 0 Å². The Labute approximate surface area is 76.5 Å². The molecule has 13 heavy (non-hydrogen) atoms. The molecule has 0 amide bonds. The summed E-state index contributed by atoms with van der Waals surface area (Å²) >= 11 is 0. The van der Waals surface area contributed by atoms with Crippen molar-refractivity contribution in [1.82, 2.24) is 15.0 Å². The second-order valence-corrected chi connectivity index (χ2v) is 3.78. The van der Waals surface area contributed by atoms with E-state index in [0.717, 1.165) is 12.1 Å². The summed E-state index contributed by atoms with van der Waals surface area (Å²) < 4.78 is 1.61. The summed E-state index contributed by atoms with van der Waals surface area (Å²) in [7, 11) is 1.78. The minimum atomic E-state index is -0.808. The van der Waals surface area contributed by atoms with Crippen LogP contribution < -0.4 is 5.73 Å². The number of aryl methyl sites for hydroxylation is 1. The maximum Gasteiger partial charge on any atom is 0.109 e. The lowest BCUT2D eigenvalue weighted by Gasteiger charge is -2.21. The largest absolute Gasteiger partial charge is 0.383 e. The first-order chi connectivity index (χ1) is 6.12. The predicted molar refractivity (Wildman–Crippen MR) is 46.7 cm³/mol. The minimum absolute atomic E-state index is 0.0971. The molecule has 1 fully saturated rings. The summed E-state index contributed by atoms with van der Waals surface area (Å²) in [5.41, 5.74) is 5.71. The fourth-order valence-corrected chi connectivity index (χ4v) is 2.01. The molecule has 0 aromatic carbocycles. The van der Waals surface area contributed by atoms with Crippen LogP contribution in [-0.2, 0) is 12.6 Å². The SMILES string of the molecule is Cn1nncc1C1(O)CCC(N)C1. The Morgan fingerprint density at radius 2 is 2.54 bits per heavy atom. The fraction of sp³-hybridized carbons (Fsp3) is 0.750. The number of nitrogens with zero attached hydrogens (tertiary/aromatic N) is 3. The third kappa shape index (κ3) is 1.34. The van der Waals surface area contributed by atoms with E-state index in [1.165, 1.54) is 0 Å². The highest BCUT2D eigenvalue weighted by Gasteiger charge is 2.39. The van der Waals surface area contributed by atoms with Crippen LogP contribution in [0.15, 0.2) is 6.20 Å². The highest BCUT2D eigenvalue weighted by Crippen LogP contribution is 2.37. The van der Waals surface area contributed by atoms with Gasteiger partial charge in [-0.2, -0.15) is 0 Å². The lowest BCUT2D eigenvalue weighted by Crippen LogP contribution is -2.27. The Morgan fingerprint density at radius 3 is 3.00 bits per heavy atom. The second-order valence-electron chi connectivity index (χ2n) is 3.78. The number of aromatic nitrogens is 3. The summed E-state index contributed by atoms with van der Waals surface area (Å²) in [6.45, 7) is 0. The first kappa shape index (κ1) is 8.65. The van der Waals surface area contributed by atoms with Gasteiger partial charge in [-0.3, -0.25) is 0 Å². The molecule has 72 valence electrons. The molecule has 0 aliphatic heterocycles. The molecule has 1 saturated carbocycles. The molecule has 1 aromatic rings. The normalized spacial score (nSPS) is 33.9. The average Bonchev–Trinajstić information content (AvgIpc) is 2.59. The van der Waals surface area contributed by atoms with Crippen molar-refractivity contribution in [2.45, 2.75) is 30.9 Å². The van der Waals surface area contributed by atoms with Gasteiger partial charge in [0.05, 0.1) is 11.9 Å². The van der Waals surface area contributed by atoms with Crippen LogP contribution in [-0.4, -0.2) is 26.1 Å². The van der Waals surface area contributed by atoms with Crippen molar-refractivity contribution in [2.75, 3.05) is 0 Å². The second kappa shape index (κ2) is 2.78.